The molecule has 98 valence electrons. The molecule has 18 heavy (non-hydrogen) atoms. The molecule has 0 aromatic heterocycles. The third-order valence-corrected chi connectivity index (χ3v) is 4.30. The topological polar surface area (TPSA) is 35.8 Å². The molecular formula is C13H15Br3N2. The van der Waals surface area contributed by atoms with Crippen LogP contribution in [0.25, 0.3) is 0 Å². The van der Waals surface area contributed by atoms with Gasteiger partial charge in [-0.05, 0) is 70.7 Å². The second-order valence-corrected chi connectivity index (χ2v) is 7.39. The third kappa shape index (κ3) is 4.91. The maximum absolute atomic E-state index is 8.94. The number of hydrogen-bond acceptors (Lipinski definition) is 2. The number of halogens is 3. The monoisotopic (exact) mass is 436 g/mol. The summed E-state index contributed by atoms with van der Waals surface area (Å²) in [6.45, 7) is 4.79. The second kappa shape index (κ2) is 6.93. The summed E-state index contributed by atoms with van der Waals surface area (Å²) in [6.07, 6.45) is 1.86. The van der Waals surface area contributed by atoms with Gasteiger partial charge in [0.2, 0.25) is 0 Å². The van der Waals surface area contributed by atoms with Gasteiger partial charge in [0, 0.05) is 20.0 Å². The lowest BCUT2D eigenvalue weighted by atomic mass is 9.90. The van der Waals surface area contributed by atoms with Crippen molar-refractivity contribution >= 4 is 53.5 Å². The van der Waals surface area contributed by atoms with Gasteiger partial charge in [0.25, 0.3) is 0 Å². The molecule has 0 saturated carbocycles. The fourth-order valence-corrected chi connectivity index (χ4v) is 4.05. The highest BCUT2D eigenvalue weighted by atomic mass is 79.9. The first kappa shape index (κ1) is 16.0. The Hall–Kier alpha value is -0.0500. The first-order valence-electron chi connectivity index (χ1n) is 5.65. The van der Waals surface area contributed by atoms with Gasteiger partial charge in [-0.1, -0.05) is 15.9 Å². The van der Waals surface area contributed by atoms with Crippen molar-refractivity contribution in [1.29, 1.82) is 5.26 Å². The van der Waals surface area contributed by atoms with Gasteiger partial charge in [-0.3, -0.25) is 0 Å². The molecule has 0 bridgehead atoms. The number of rotatable bonds is 5. The first-order chi connectivity index (χ1) is 8.35. The standard InChI is InChI=1S/C13H15Br3N2/c1-13(2,8-17)4-3-5-18-12-10(15)6-9(14)7-11(12)16/h6-7,18H,3-5H2,1-2H3. The molecule has 1 aromatic carbocycles. The van der Waals surface area contributed by atoms with E-state index in [4.69, 9.17) is 5.26 Å². The van der Waals surface area contributed by atoms with Crippen molar-refractivity contribution in [3.8, 4) is 6.07 Å². The van der Waals surface area contributed by atoms with Crippen LogP contribution in [-0.4, -0.2) is 6.54 Å². The molecule has 0 fully saturated rings. The van der Waals surface area contributed by atoms with Crippen LogP contribution in [0.5, 0.6) is 0 Å². The van der Waals surface area contributed by atoms with Crippen LogP contribution in [0, 0.1) is 16.7 Å². The minimum atomic E-state index is -0.240. The Kier molecular flexibility index (Phi) is 6.16. The Labute approximate surface area is 134 Å². The fraction of sp³-hybridized carbons (Fsp3) is 0.462. The lowest BCUT2D eigenvalue weighted by molar-refractivity contribution is 0.441. The van der Waals surface area contributed by atoms with Crippen molar-refractivity contribution in [2.24, 2.45) is 5.41 Å². The zero-order chi connectivity index (χ0) is 13.8. The lowest BCUT2D eigenvalue weighted by Gasteiger charge is -2.16. The normalized spacial score (nSPS) is 11.1. The largest absolute Gasteiger partial charge is 0.383 e. The Morgan fingerprint density at radius 2 is 1.78 bits per heavy atom. The summed E-state index contributed by atoms with van der Waals surface area (Å²) in [4.78, 5) is 0. The van der Waals surface area contributed by atoms with E-state index in [1.165, 1.54) is 0 Å². The molecule has 0 unspecified atom stereocenters. The maximum atomic E-state index is 8.94. The summed E-state index contributed by atoms with van der Waals surface area (Å²) in [5, 5.41) is 12.3. The molecule has 2 nitrogen and oxygen atoms in total. The highest BCUT2D eigenvalue weighted by Gasteiger charge is 2.15. The third-order valence-electron chi connectivity index (χ3n) is 2.59. The minimum absolute atomic E-state index is 0.240. The Balaban J connectivity index is 2.53. The minimum Gasteiger partial charge on any atom is -0.383 e. The van der Waals surface area contributed by atoms with E-state index in [2.05, 4.69) is 59.2 Å². The van der Waals surface area contributed by atoms with Crippen LogP contribution in [0.3, 0.4) is 0 Å². The molecule has 1 N–H and O–H groups in total. The smallest absolute Gasteiger partial charge is 0.0683 e. The molecular weight excluding hydrogens is 424 g/mol. The van der Waals surface area contributed by atoms with Crippen LogP contribution in [0.1, 0.15) is 26.7 Å². The maximum Gasteiger partial charge on any atom is 0.0683 e. The number of nitriles is 1. The highest BCUT2D eigenvalue weighted by molar-refractivity contribution is 9.11. The summed E-state index contributed by atoms with van der Waals surface area (Å²) in [5.41, 5.74) is 0.809. The van der Waals surface area contributed by atoms with Gasteiger partial charge in [-0.25, -0.2) is 0 Å². The van der Waals surface area contributed by atoms with Gasteiger partial charge < -0.3 is 5.32 Å². The van der Waals surface area contributed by atoms with Gasteiger partial charge in [0.05, 0.1) is 17.2 Å². The Bertz CT molecular complexity index is 441. The van der Waals surface area contributed by atoms with E-state index in [-0.39, 0.29) is 5.41 Å². The Morgan fingerprint density at radius 3 is 2.28 bits per heavy atom. The number of nitrogens with one attached hydrogen (secondary N) is 1. The molecule has 0 radical (unpaired) electrons. The summed E-state index contributed by atoms with van der Waals surface area (Å²) in [7, 11) is 0. The number of nitrogens with zero attached hydrogens (tertiary/aromatic N) is 1. The molecule has 0 saturated heterocycles. The van der Waals surface area contributed by atoms with Crippen molar-refractivity contribution in [3.05, 3.63) is 25.6 Å². The molecule has 0 spiro atoms. The highest BCUT2D eigenvalue weighted by Crippen LogP contribution is 2.34. The fourth-order valence-electron chi connectivity index (χ4n) is 1.51. The van der Waals surface area contributed by atoms with Crippen LogP contribution in [0.4, 0.5) is 5.69 Å². The van der Waals surface area contributed by atoms with E-state index in [1.807, 2.05) is 26.0 Å². The summed E-state index contributed by atoms with van der Waals surface area (Å²) < 4.78 is 3.06. The number of hydrogen-bond donors (Lipinski definition) is 1. The average molecular weight is 439 g/mol. The van der Waals surface area contributed by atoms with E-state index in [0.29, 0.717) is 0 Å². The molecule has 0 amide bonds. The predicted octanol–water partition coefficient (Wildman–Crippen LogP) is 5.72. The summed E-state index contributed by atoms with van der Waals surface area (Å²) in [5.74, 6) is 0. The zero-order valence-electron chi connectivity index (χ0n) is 10.4. The second-order valence-electron chi connectivity index (χ2n) is 4.77. The zero-order valence-corrected chi connectivity index (χ0v) is 15.1. The van der Waals surface area contributed by atoms with E-state index in [9.17, 15) is 0 Å². The van der Waals surface area contributed by atoms with Crippen LogP contribution in [0.2, 0.25) is 0 Å². The van der Waals surface area contributed by atoms with Crippen molar-refractivity contribution in [2.45, 2.75) is 26.7 Å². The van der Waals surface area contributed by atoms with Crippen molar-refractivity contribution in [1.82, 2.24) is 0 Å². The molecule has 0 aliphatic heterocycles. The van der Waals surface area contributed by atoms with E-state index in [0.717, 1.165) is 38.5 Å². The molecule has 0 heterocycles. The van der Waals surface area contributed by atoms with Gasteiger partial charge in [0.1, 0.15) is 0 Å². The van der Waals surface area contributed by atoms with Crippen LogP contribution in [0.15, 0.2) is 25.6 Å². The number of benzene rings is 1. The van der Waals surface area contributed by atoms with Gasteiger partial charge in [-0.2, -0.15) is 5.26 Å². The van der Waals surface area contributed by atoms with Crippen molar-refractivity contribution in [3.63, 3.8) is 0 Å². The SMILES string of the molecule is CC(C)(C#N)CCCNc1c(Br)cc(Br)cc1Br. The Morgan fingerprint density at radius 1 is 1.22 bits per heavy atom. The molecule has 1 rings (SSSR count). The molecule has 0 aliphatic rings. The average Bonchev–Trinajstić information content (AvgIpc) is 2.26. The number of anilines is 1. The van der Waals surface area contributed by atoms with E-state index < -0.39 is 0 Å². The van der Waals surface area contributed by atoms with Crippen molar-refractivity contribution in [2.75, 3.05) is 11.9 Å². The van der Waals surface area contributed by atoms with Crippen LogP contribution in [-0.2, 0) is 0 Å². The predicted molar refractivity (Wildman–Crippen MR) is 86.7 cm³/mol. The molecule has 0 aliphatic carbocycles. The quantitative estimate of drug-likeness (QED) is 0.597. The van der Waals surface area contributed by atoms with Crippen LogP contribution < -0.4 is 5.32 Å². The first-order valence-corrected chi connectivity index (χ1v) is 8.03. The molecule has 1 aromatic rings. The summed E-state index contributed by atoms with van der Waals surface area (Å²) >= 11 is 10.5. The van der Waals surface area contributed by atoms with Gasteiger partial charge in [-0.15, -0.1) is 0 Å². The van der Waals surface area contributed by atoms with E-state index in [1.54, 1.807) is 0 Å². The molecule has 5 heteroatoms. The van der Waals surface area contributed by atoms with Gasteiger partial charge in [0.15, 0.2) is 0 Å². The van der Waals surface area contributed by atoms with Crippen molar-refractivity contribution < 1.29 is 0 Å². The van der Waals surface area contributed by atoms with E-state index >= 15 is 0 Å². The summed E-state index contributed by atoms with van der Waals surface area (Å²) in [6, 6.07) is 6.33. The molecule has 0 atom stereocenters. The lowest BCUT2D eigenvalue weighted by Crippen LogP contribution is -2.11. The van der Waals surface area contributed by atoms with Gasteiger partial charge >= 0.3 is 0 Å². The van der Waals surface area contributed by atoms with Crippen LogP contribution >= 0.6 is 47.8 Å².